The van der Waals surface area contributed by atoms with Gasteiger partial charge in [-0.3, -0.25) is 4.79 Å². The summed E-state index contributed by atoms with van der Waals surface area (Å²) in [5, 5.41) is 61.4. The highest BCUT2D eigenvalue weighted by atomic mass is 16.5. The van der Waals surface area contributed by atoms with Crippen molar-refractivity contribution >= 4 is 28.1 Å². The lowest BCUT2D eigenvalue weighted by molar-refractivity contribution is -0.132. The van der Waals surface area contributed by atoms with Gasteiger partial charge in [0.05, 0.1) is 25.7 Å². The molecule has 6 aromatic rings. The molecule has 1 fully saturated rings. The van der Waals surface area contributed by atoms with Gasteiger partial charge in [-0.05, 0) is 163 Å². The van der Waals surface area contributed by atoms with Crippen molar-refractivity contribution in [1.29, 1.82) is 0 Å². The minimum Gasteiger partial charge on any atom is -0.668 e. The van der Waals surface area contributed by atoms with E-state index in [1.165, 1.54) is 7.11 Å². The molecule has 0 amide bonds. The van der Waals surface area contributed by atoms with Crippen molar-refractivity contribution in [2.45, 2.75) is 102 Å². The SMILES string of the molecule is COc1cc(CC[C@@H](O)[C@@H]2C(=O)C[C@H](c3cc(O)c(O)c(OCCCC(C)C)c3)CCc3c(ccc4cc(O)ccc34)Nc3cc(ccn3)[C@]23CCC[C@@H]3Cc2ccc[n-]2)ccc1O. The number of ether oxygens (including phenoxy) is 2. The Bertz CT molecular complexity index is 2570. The van der Waals surface area contributed by atoms with E-state index in [0.29, 0.717) is 61.8 Å². The van der Waals surface area contributed by atoms with E-state index >= 15 is 4.79 Å². The highest BCUT2D eigenvalue weighted by Crippen LogP contribution is 2.55. The summed E-state index contributed by atoms with van der Waals surface area (Å²) < 4.78 is 11.5. The van der Waals surface area contributed by atoms with Crippen LogP contribution in [-0.4, -0.2) is 56.1 Å². The molecule has 2 bridgehead atoms. The molecule has 3 heterocycles. The van der Waals surface area contributed by atoms with Crippen LogP contribution in [0.25, 0.3) is 10.8 Å². The number of benzene rings is 4. The fourth-order valence-corrected chi connectivity index (χ4v) is 10.7. The molecular weight excluding hydrogens is 807 g/mol. The predicted octanol–water partition coefficient (Wildman–Crippen LogP) is 10.2. The van der Waals surface area contributed by atoms with Crippen LogP contribution in [0.4, 0.5) is 11.5 Å². The van der Waals surface area contributed by atoms with Gasteiger partial charge >= 0.3 is 0 Å². The molecule has 1 aliphatic carbocycles. The lowest BCUT2D eigenvalue weighted by Gasteiger charge is -2.45. The van der Waals surface area contributed by atoms with Gasteiger partial charge in [0, 0.05) is 23.7 Å². The number of aryl methyl sites for hydroxylation is 2. The molecule has 8 rings (SSSR count). The molecule has 4 aromatic carbocycles. The van der Waals surface area contributed by atoms with Gasteiger partial charge in [-0.2, -0.15) is 11.9 Å². The van der Waals surface area contributed by atoms with E-state index in [1.54, 1.807) is 48.8 Å². The first-order chi connectivity index (χ1) is 30.9. The number of ketones is 1. The number of aliphatic hydroxyl groups is 1. The van der Waals surface area contributed by atoms with Crippen LogP contribution in [0.3, 0.4) is 0 Å². The van der Waals surface area contributed by atoms with E-state index < -0.39 is 23.4 Å². The Labute approximate surface area is 375 Å². The Balaban J connectivity index is 1.28. The van der Waals surface area contributed by atoms with E-state index in [2.05, 4.69) is 30.2 Å². The summed E-state index contributed by atoms with van der Waals surface area (Å²) in [5.74, 6) is -0.354. The number of nitrogens with zero attached hydrogens (tertiary/aromatic N) is 2. The van der Waals surface area contributed by atoms with Gasteiger partial charge in [0.25, 0.3) is 0 Å². The molecule has 6 N–H and O–H groups in total. The van der Waals surface area contributed by atoms with Crippen LogP contribution in [0.15, 0.2) is 97.3 Å². The molecule has 5 atom stereocenters. The van der Waals surface area contributed by atoms with Gasteiger partial charge in [-0.15, -0.1) is 0 Å². The molecule has 11 nitrogen and oxygen atoms in total. The number of aliphatic hydroxyl groups excluding tert-OH is 1. The van der Waals surface area contributed by atoms with Gasteiger partial charge in [-0.25, -0.2) is 4.98 Å². The van der Waals surface area contributed by atoms with Crippen LogP contribution in [0.5, 0.6) is 34.5 Å². The Kier molecular flexibility index (Phi) is 13.4. The third-order valence-electron chi connectivity index (χ3n) is 13.8. The summed E-state index contributed by atoms with van der Waals surface area (Å²) in [6.07, 6.45) is 8.89. The molecule has 1 saturated carbocycles. The average Bonchev–Trinajstić information content (AvgIpc) is 3.96. The number of aromatic nitrogens is 2. The molecule has 2 aliphatic rings. The van der Waals surface area contributed by atoms with E-state index in [9.17, 15) is 25.5 Å². The third-order valence-corrected chi connectivity index (χ3v) is 13.8. The average molecular weight is 867 g/mol. The van der Waals surface area contributed by atoms with Crippen molar-refractivity contribution in [2.24, 2.45) is 17.8 Å². The first-order valence-corrected chi connectivity index (χ1v) is 22.7. The zero-order valence-corrected chi connectivity index (χ0v) is 37.0. The van der Waals surface area contributed by atoms with Crippen molar-refractivity contribution in [3.8, 4) is 34.5 Å². The number of pyridine rings is 1. The lowest BCUT2D eigenvalue weighted by atomic mass is 9.58. The topological polar surface area (TPSA) is 176 Å². The van der Waals surface area contributed by atoms with Gasteiger partial charge in [0.1, 0.15) is 17.4 Å². The third kappa shape index (κ3) is 9.36. The second kappa shape index (κ2) is 19.3. The standard InChI is InChI=1S/C53H60N3O8/c1-32(2)7-6-24-64-49-29-36(28-47(61)52(49)62)34-12-15-42-41-16-14-40(57)26-35(41)13-17-43(42)56-50-31-38(20-23-55-50)53(21-4-8-37(53)30-39-9-5-22-54-39)51(46(60)27-34)45(59)19-11-33-10-18-44(58)48(25-33)63-3/h5,9-10,13-14,16-18,20,22-23,25-26,28-29,31-32,34,37,45,51,57-59,61-62H,4,6-8,11-12,15,19,21,24,27,30H2,1-3H3,(H,55,56)/q-1/t34-,37-,45-,51-,53-/m1/s1. The normalized spacial score (nSPS) is 20.6. The minimum atomic E-state index is -1.07. The molecule has 336 valence electrons. The largest absolute Gasteiger partial charge is 0.668 e. The molecule has 1 aliphatic heterocycles. The number of phenols is 4. The first-order valence-electron chi connectivity index (χ1n) is 22.7. The van der Waals surface area contributed by atoms with Crippen molar-refractivity contribution in [3.05, 3.63) is 125 Å². The number of rotatable bonds is 13. The maximum Gasteiger partial charge on any atom is 0.200 e. The number of hydrogen-bond acceptors (Lipinski definition) is 10. The van der Waals surface area contributed by atoms with Gasteiger partial charge < -0.3 is 45.3 Å². The Morgan fingerprint density at radius 3 is 2.58 bits per heavy atom. The summed E-state index contributed by atoms with van der Waals surface area (Å²) in [7, 11) is 1.50. The lowest BCUT2D eigenvalue weighted by Crippen LogP contribution is -2.50. The van der Waals surface area contributed by atoms with Crippen LogP contribution in [0.1, 0.15) is 99.1 Å². The van der Waals surface area contributed by atoms with Gasteiger partial charge in [0.15, 0.2) is 23.0 Å². The van der Waals surface area contributed by atoms with Crippen molar-refractivity contribution < 1.29 is 39.8 Å². The fraction of sp³-hybridized carbons (Fsp3) is 0.396. The maximum atomic E-state index is 15.9. The van der Waals surface area contributed by atoms with Crippen LogP contribution in [-0.2, 0) is 29.5 Å². The second-order valence-electron chi connectivity index (χ2n) is 18.3. The molecule has 2 aromatic heterocycles. The Morgan fingerprint density at radius 1 is 0.922 bits per heavy atom. The molecule has 0 radical (unpaired) electrons. The first kappa shape index (κ1) is 44.4. The molecule has 64 heavy (non-hydrogen) atoms. The molecule has 0 unspecified atom stereocenters. The number of hydrogen-bond donors (Lipinski definition) is 6. The van der Waals surface area contributed by atoms with E-state index in [0.717, 1.165) is 64.5 Å². The fourth-order valence-electron chi connectivity index (χ4n) is 10.7. The molecule has 11 heteroatoms. The number of Topliss-reactive ketones (excluding diaryl/α,β-unsaturated/α-hetero) is 1. The highest BCUT2D eigenvalue weighted by Gasteiger charge is 2.54. The highest BCUT2D eigenvalue weighted by molar-refractivity contribution is 5.92. The van der Waals surface area contributed by atoms with Crippen molar-refractivity contribution in [1.82, 2.24) is 9.97 Å². The number of methoxy groups -OCH3 is 1. The smallest absolute Gasteiger partial charge is 0.200 e. The van der Waals surface area contributed by atoms with Gasteiger partial charge in [0.2, 0.25) is 5.75 Å². The molecular formula is C53H60N3O8-. The summed E-state index contributed by atoms with van der Waals surface area (Å²) in [4.78, 5) is 25.4. The van der Waals surface area contributed by atoms with Gasteiger partial charge in [-0.1, -0.05) is 50.6 Å². The van der Waals surface area contributed by atoms with E-state index in [-0.39, 0.29) is 53.3 Å². The molecule has 0 saturated heterocycles. The predicted molar refractivity (Wildman–Crippen MR) is 248 cm³/mol. The van der Waals surface area contributed by atoms with E-state index in [4.69, 9.17) is 14.5 Å². The van der Waals surface area contributed by atoms with Crippen LogP contribution in [0.2, 0.25) is 0 Å². The zero-order chi connectivity index (χ0) is 45.0. The number of aromatic hydroxyl groups is 4. The van der Waals surface area contributed by atoms with E-state index in [1.807, 2.05) is 42.5 Å². The summed E-state index contributed by atoms with van der Waals surface area (Å²) in [6, 6.07) is 25.8. The number of anilines is 2. The van der Waals surface area contributed by atoms with Crippen molar-refractivity contribution in [2.75, 3.05) is 19.0 Å². The summed E-state index contributed by atoms with van der Waals surface area (Å²) in [6.45, 7) is 4.64. The van der Waals surface area contributed by atoms with Crippen LogP contribution < -0.4 is 19.8 Å². The Hall–Kier alpha value is -6.20. The number of phenolic OH excluding ortho intramolecular Hbond substituents is 4. The minimum absolute atomic E-state index is 0.0249. The van der Waals surface area contributed by atoms with Crippen LogP contribution in [0, 0.1) is 17.8 Å². The van der Waals surface area contributed by atoms with Crippen molar-refractivity contribution in [3.63, 3.8) is 0 Å². The quantitative estimate of drug-likeness (QED) is 0.0481. The molecule has 1 spiro atoms. The summed E-state index contributed by atoms with van der Waals surface area (Å²) >= 11 is 0. The second-order valence-corrected chi connectivity index (χ2v) is 18.3. The number of carbonyl (C=O) groups is 1. The zero-order valence-electron chi connectivity index (χ0n) is 37.0. The monoisotopic (exact) mass is 866 g/mol. The maximum absolute atomic E-state index is 15.9. The summed E-state index contributed by atoms with van der Waals surface area (Å²) in [5.41, 5.74) is 4.37. The Morgan fingerprint density at radius 2 is 1.78 bits per heavy atom. The number of carbonyl (C=O) groups excluding carboxylic acids is 1. The van der Waals surface area contributed by atoms with Crippen LogP contribution >= 0.6 is 0 Å². The number of fused-ring (bicyclic) bond motifs is 6. The number of nitrogens with one attached hydrogen (secondary N) is 1.